The van der Waals surface area contributed by atoms with Crippen LogP contribution in [0, 0.1) is 5.41 Å². The van der Waals surface area contributed by atoms with E-state index in [-0.39, 0.29) is 24.5 Å². The van der Waals surface area contributed by atoms with Crippen molar-refractivity contribution >= 4 is 52.0 Å². The van der Waals surface area contributed by atoms with Gasteiger partial charge in [0.1, 0.15) is 23.7 Å². The van der Waals surface area contributed by atoms with Crippen molar-refractivity contribution in [2.24, 2.45) is 0 Å². The maximum Gasteiger partial charge on any atom is 0.246 e. The van der Waals surface area contributed by atoms with E-state index in [4.69, 9.17) is 25.0 Å². The first-order valence-electron chi connectivity index (χ1n) is 21.2. The zero-order valence-corrected chi connectivity index (χ0v) is 35.6. The summed E-state index contributed by atoms with van der Waals surface area (Å²) in [6, 6.07) is 31.8. The van der Waals surface area contributed by atoms with Crippen molar-refractivity contribution in [3.05, 3.63) is 125 Å². The molecule has 0 aromatic heterocycles. The molecule has 0 bridgehead atoms. The molecule has 3 aliphatic rings. The number of methoxy groups -OCH3 is 1. The monoisotopic (exact) mass is 820 g/mol. The molecular weight excluding hydrogens is 765 g/mol. The molecule has 0 saturated carbocycles. The predicted octanol–water partition coefficient (Wildman–Crippen LogP) is 8.44. The summed E-state index contributed by atoms with van der Waals surface area (Å²) >= 11 is 0. The fourth-order valence-electron chi connectivity index (χ4n) is 8.27. The quantitative estimate of drug-likeness (QED) is 0.0408. The van der Waals surface area contributed by atoms with Gasteiger partial charge in [0.25, 0.3) is 0 Å². The molecule has 2 amide bonds. The fourth-order valence-corrected chi connectivity index (χ4v) is 8.27. The van der Waals surface area contributed by atoms with Gasteiger partial charge < -0.3 is 45.5 Å². The van der Waals surface area contributed by atoms with Crippen molar-refractivity contribution in [2.45, 2.75) is 46.1 Å². The van der Waals surface area contributed by atoms with Crippen molar-refractivity contribution in [1.29, 1.82) is 5.41 Å². The van der Waals surface area contributed by atoms with E-state index in [0.717, 1.165) is 69.8 Å². The number of nitrogens with one attached hydrogen (secondary N) is 3. The van der Waals surface area contributed by atoms with Crippen LogP contribution >= 0.6 is 0 Å². The van der Waals surface area contributed by atoms with Crippen LogP contribution in [0.1, 0.15) is 62.0 Å². The molecule has 1 heterocycles. The van der Waals surface area contributed by atoms with Gasteiger partial charge in [0.05, 0.1) is 29.9 Å². The summed E-state index contributed by atoms with van der Waals surface area (Å²) < 4.78 is 18.6. The van der Waals surface area contributed by atoms with Crippen molar-refractivity contribution < 1.29 is 23.5 Å². The first kappa shape index (κ1) is 42.5. The Morgan fingerprint density at radius 2 is 1.51 bits per heavy atom. The molecule has 2 aliphatic carbocycles. The number of nitrogen functional groups attached to an aromatic ring is 1. The molecule has 1 aliphatic heterocycles. The number of carbonyl (C=O) groups is 2. The first-order chi connectivity index (χ1) is 29.7. The Hall–Kier alpha value is -6.59. The zero-order chi connectivity index (χ0) is 42.9. The molecular formula is C50H56N6O5. The molecule has 4 aromatic carbocycles. The highest BCUT2D eigenvalue weighted by Crippen LogP contribution is 2.47. The minimum atomic E-state index is -0.267. The minimum Gasteiger partial charge on any atom is -0.496 e. The van der Waals surface area contributed by atoms with Crippen LogP contribution in [0.3, 0.4) is 0 Å². The number of fused-ring (bicyclic) bond motifs is 4. The zero-order valence-electron chi connectivity index (χ0n) is 35.6. The number of benzene rings is 5. The van der Waals surface area contributed by atoms with E-state index in [1.54, 1.807) is 19.2 Å². The molecule has 7 rings (SSSR count). The molecule has 4 aromatic rings. The van der Waals surface area contributed by atoms with Crippen LogP contribution in [0.5, 0.6) is 5.75 Å². The second kappa shape index (κ2) is 19.6. The van der Waals surface area contributed by atoms with Crippen LogP contribution in [0.15, 0.2) is 101 Å². The lowest BCUT2D eigenvalue weighted by molar-refractivity contribution is -0.128. The Balaban J connectivity index is 0.978. The van der Waals surface area contributed by atoms with Crippen molar-refractivity contribution in [3.63, 3.8) is 0 Å². The summed E-state index contributed by atoms with van der Waals surface area (Å²) in [5.41, 5.74) is 16.7. The molecule has 11 heteroatoms. The lowest BCUT2D eigenvalue weighted by Gasteiger charge is -2.32. The normalized spacial score (nSPS) is 13.2. The average molecular weight is 821 g/mol. The lowest BCUT2D eigenvalue weighted by atomic mass is 9.91. The van der Waals surface area contributed by atoms with E-state index in [2.05, 4.69) is 89.8 Å². The topological polar surface area (TPSA) is 146 Å². The van der Waals surface area contributed by atoms with Crippen LogP contribution < -0.4 is 36.3 Å². The molecule has 61 heavy (non-hydrogen) atoms. The van der Waals surface area contributed by atoms with Gasteiger partial charge in [0, 0.05) is 98.1 Å². The number of nitrogens with zero attached hydrogens (tertiary/aromatic N) is 2. The van der Waals surface area contributed by atoms with Gasteiger partial charge in [-0.15, -0.1) is 0 Å². The molecule has 11 nitrogen and oxygen atoms in total. The standard InChI is InChI=1S/C50H56N6O5/c1-5-55(6-2)42-30-41(50-39-22-20-36(51)28-46(39)61-47-29-37(52)21-23-40(47)50)44(59-4)31-43(42)56(7-3)26-12-17-48(57)53-24-25-54-49(58)32-60-45-27-35-15-9-8-13-33(35)18-19-34-14-10-11-16-38(34)45/h8-11,13-16,18-23,28-31,45,51H,5-7,12,17,24-27,32,52H2,1-4H3,(H,53,57)(H,54,58). The Morgan fingerprint density at radius 3 is 2.28 bits per heavy atom. The van der Waals surface area contributed by atoms with Crippen LogP contribution in [0.25, 0.3) is 45.6 Å². The summed E-state index contributed by atoms with van der Waals surface area (Å²) in [5.74, 6) is 1.00. The summed E-state index contributed by atoms with van der Waals surface area (Å²) in [7, 11) is 1.68. The third-order valence-electron chi connectivity index (χ3n) is 11.4. The highest BCUT2D eigenvalue weighted by Gasteiger charge is 2.25. The molecule has 0 fully saturated rings. The van der Waals surface area contributed by atoms with Gasteiger partial charge in [0.2, 0.25) is 11.8 Å². The minimum absolute atomic E-state index is 0.0685. The van der Waals surface area contributed by atoms with Gasteiger partial charge in [-0.2, -0.15) is 0 Å². The van der Waals surface area contributed by atoms with E-state index in [1.165, 1.54) is 5.56 Å². The number of rotatable bonds is 17. The summed E-state index contributed by atoms with van der Waals surface area (Å²) in [5, 5.41) is 15.4. The number of nitrogens with two attached hydrogens (primary N) is 1. The van der Waals surface area contributed by atoms with Gasteiger partial charge in [-0.3, -0.25) is 9.59 Å². The highest BCUT2D eigenvalue weighted by molar-refractivity contribution is 6.05. The second-order valence-electron chi connectivity index (χ2n) is 15.2. The van der Waals surface area contributed by atoms with E-state index in [9.17, 15) is 9.59 Å². The maximum absolute atomic E-state index is 13.0. The van der Waals surface area contributed by atoms with Gasteiger partial charge in [-0.25, -0.2) is 0 Å². The average Bonchev–Trinajstić information content (AvgIpc) is 3.26. The smallest absolute Gasteiger partial charge is 0.246 e. The van der Waals surface area contributed by atoms with Crippen LogP contribution in [-0.2, 0) is 20.7 Å². The van der Waals surface area contributed by atoms with Crippen LogP contribution in [0.2, 0.25) is 0 Å². The first-order valence-corrected chi connectivity index (χ1v) is 21.2. The van der Waals surface area contributed by atoms with E-state index >= 15 is 0 Å². The van der Waals surface area contributed by atoms with Gasteiger partial charge >= 0.3 is 0 Å². The second-order valence-corrected chi connectivity index (χ2v) is 15.2. The largest absolute Gasteiger partial charge is 0.496 e. The number of carbonyl (C=O) groups excluding carboxylic acids is 2. The molecule has 0 saturated heterocycles. The number of ether oxygens (including phenoxy) is 2. The van der Waals surface area contributed by atoms with Crippen LogP contribution in [-0.4, -0.2) is 64.8 Å². The SMILES string of the molecule is CCN(CC)c1cc(-c2c3ccc(=N)cc-3oc3cc(N)ccc23)c(OC)cc1N(CC)CCCC(=O)NCCNC(=O)COC1Cc2ccccc2C=Cc2ccccc21. The Labute approximate surface area is 358 Å². The molecule has 0 spiro atoms. The maximum atomic E-state index is 13.0. The molecule has 5 N–H and O–H groups in total. The highest BCUT2D eigenvalue weighted by atomic mass is 16.5. The molecule has 316 valence electrons. The third kappa shape index (κ3) is 9.74. The van der Waals surface area contributed by atoms with Crippen molar-refractivity contribution in [2.75, 3.05) is 68.5 Å². The molecule has 1 atom stereocenters. The fraction of sp³-hybridized carbons (Fsp3) is 0.300. The predicted molar refractivity (Wildman–Crippen MR) is 246 cm³/mol. The van der Waals surface area contributed by atoms with Gasteiger partial charge in [0.15, 0.2) is 0 Å². The molecule has 0 radical (unpaired) electrons. The van der Waals surface area contributed by atoms with Gasteiger partial charge in [-0.1, -0.05) is 60.7 Å². The van der Waals surface area contributed by atoms with Gasteiger partial charge in [-0.05, 0) is 79.8 Å². The number of amides is 2. The van der Waals surface area contributed by atoms with Crippen molar-refractivity contribution in [3.8, 4) is 28.2 Å². The van der Waals surface area contributed by atoms with E-state index in [0.29, 0.717) is 67.0 Å². The number of anilines is 3. The number of hydrogen-bond donors (Lipinski definition) is 4. The third-order valence-corrected chi connectivity index (χ3v) is 11.4. The van der Waals surface area contributed by atoms with Crippen molar-refractivity contribution in [1.82, 2.24) is 10.6 Å². The number of hydrogen-bond acceptors (Lipinski definition) is 9. The lowest BCUT2D eigenvalue weighted by Crippen LogP contribution is -2.37. The van der Waals surface area contributed by atoms with E-state index < -0.39 is 0 Å². The van der Waals surface area contributed by atoms with E-state index in [1.807, 2.05) is 48.5 Å². The Bertz CT molecular complexity index is 2560. The Morgan fingerprint density at radius 1 is 0.803 bits per heavy atom. The Kier molecular flexibility index (Phi) is 13.7. The summed E-state index contributed by atoms with van der Waals surface area (Å²) in [4.78, 5) is 30.5. The summed E-state index contributed by atoms with van der Waals surface area (Å²) in [6.07, 6.45) is 5.60. The van der Waals surface area contributed by atoms with Crippen LogP contribution in [0.4, 0.5) is 17.1 Å². The molecule has 1 unspecified atom stereocenters. The summed E-state index contributed by atoms with van der Waals surface area (Å²) in [6.45, 7) is 9.93.